The summed E-state index contributed by atoms with van der Waals surface area (Å²) >= 11 is 5.80. The predicted molar refractivity (Wildman–Crippen MR) is 78.0 cm³/mol. The van der Waals surface area contributed by atoms with Crippen LogP contribution in [0.3, 0.4) is 0 Å². The lowest BCUT2D eigenvalue weighted by molar-refractivity contribution is -0.384. The van der Waals surface area contributed by atoms with Crippen LogP contribution >= 0.6 is 11.6 Å². The summed E-state index contributed by atoms with van der Waals surface area (Å²) in [4.78, 5) is 10.3. The molecule has 0 unspecified atom stereocenters. The van der Waals surface area contributed by atoms with Gasteiger partial charge in [-0.25, -0.2) is 0 Å². The highest BCUT2D eigenvalue weighted by Gasteiger charge is 2.06. The van der Waals surface area contributed by atoms with Gasteiger partial charge in [0.2, 0.25) is 0 Å². The summed E-state index contributed by atoms with van der Waals surface area (Å²) in [6.07, 6.45) is 1.61. The van der Waals surface area contributed by atoms with Gasteiger partial charge in [-0.05, 0) is 29.3 Å². The van der Waals surface area contributed by atoms with Gasteiger partial charge in [0.15, 0.2) is 0 Å². The molecule has 0 bridgehead atoms. The molecule has 5 heteroatoms. The Morgan fingerprint density at radius 3 is 2.55 bits per heavy atom. The Hall–Kier alpha value is -2.64. The molecule has 0 saturated carbocycles. The first kappa shape index (κ1) is 13.8. The van der Waals surface area contributed by atoms with E-state index in [2.05, 4.69) is 6.07 Å². The van der Waals surface area contributed by atoms with E-state index >= 15 is 0 Å². The summed E-state index contributed by atoms with van der Waals surface area (Å²) in [6.45, 7) is 0. The molecule has 2 rings (SSSR count). The second kappa shape index (κ2) is 6.00. The summed E-state index contributed by atoms with van der Waals surface area (Å²) in [6, 6.07) is 15.0. The van der Waals surface area contributed by atoms with E-state index in [9.17, 15) is 15.4 Å². The maximum absolute atomic E-state index is 10.7. The smallest absolute Gasteiger partial charge is 0.258 e. The Bertz CT molecular complexity index is 715. The standard InChI is InChI=1S/C15H9ClN2O2/c16-14-6-4-12(5-7-14)13(10-17)8-11-2-1-3-15(9-11)18(19)20/h1-9H/b13-8-. The van der Waals surface area contributed by atoms with Gasteiger partial charge < -0.3 is 0 Å². The van der Waals surface area contributed by atoms with E-state index in [4.69, 9.17) is 11.6 Å². The number of nitro benzene ring substituents is 1. The fourth-order valence-corrected chi connectivity index (χ4v) is 1.83. The second-order valence-electron chi connectivity index (χ2n) is 4.03. The molecule has 0 aliphatic rings. The van der Waals surface area contributed by atoms with Crippen LogP contribution in [-0.2, 0) is 0 Å². The Balaban J connectivity index is 2.41. The van der Waals surface area contributed by atoms with E-state index in [0.29, 0.717) is 21.7 Å². The van der Waals surface area contributed by atoms with Gasteiger partial charge in [-0.15, -0.1) is 0 Å². The number of halogens is 1. The molecule has 0 atom stereocenters. The quantitative estimate of drug-likeness (QED) is 0.365. The maximum atomic E-state index is 10.7. The lowest BCUT2D eigenvalue weighted by Gasteiger charge is -2.00. The zero-order chi connectivity index (χ0) is 14.5. The number of allylic oxidation sites excluding steroid dienone is 1. The van der Waals surface area contributed by atoms with Crippen molar-refractivity contribution in [2.75, 3.05) is 0 Å². The van der Waals surface area contributed by atoms with Gasteiger partial charge >= 0.3 is 0 Å². The van der Waals surface area contributed by atoms with E-state index in [1.54, 1.807) is 42.5 Å². The molecule has 0 fully saturated rings. The van der Waals surface area contributed by atoms with Crippen molar-refractivity contribution in [2.45, 2.75) is 0 Å². The minimum absolute atomic E-state index is 0.00727. The fourth-order valence-electron chi connectivity index (χ4n) is 1.70. The first-order chi connectivity index (χ1) is 9.60. The maximum Gasteiger partial charge on any atom is 0.270 e. The summed E-state index contributed by atoms with van der Waals surface area (Å²) in [7, 11) is 0. The highest BCUT2D eigenvalue weighted by atomic mass is 35.5. The average Bonchev–Trinajstić information content (AvgIpc) is 2.46. The van der Waals surface area contributed by atoms with E-state index < -0.39 is 4.92 Å². The van der Waals surface area contributed by atoms with E-state index in [-0.39, 0.29) is 5.69 Å². The highest BCUT2D eigenvalue weighted by molar-refractivity contribution is 6.30. The van der Waals surface area contributed by atoms with Gasteiger partial charge in [-0.1, -0.05) is 35.9 Å². The summed E-state index contributed by atoms with van der Waals surface area (Å²) in [5, 5.41) is 20.5. The molecule has 0 aromatic heterocycles. The third-order valence-corrected chi connectivity index (χ3v) is 2.92. The summed E-state index contributed by atoms with van der Waals surface area (Å²) in [5.41, 5.74) is 1.73. The number of nitriles is 1. The van der Waals surface area contributed by atoms with Crippen molar-refractivity contribution in [3.63, 3.8) is 0 Å². The van der Waals surface area contributed by atoms with Crippen LogP contribution in [0.4, 0.5) is 5.69 Å². The first-order valence-electron chi connectivity index (χ1n) is 5.72. The molecule has 0 N–H and O–H groups in total. The zero-order valence-corrected chi connectivity index (χ0v) is 11.0. The first-order valence-corrected chi connectivity index (χ1v) is 6.10. The van der Waals surface area contributed by atoms with Crippen molar-refractivity contribution >= 4 is 28.9 Å². The minimum Gasteiger partial charge on any atom is -0.258 e. The molecule has 98 valence electrons. The SMILES string of the molecule is N#C/C(=C/c1cccc([N+](=O)[O-])c1)c1ccc(Cl)cc1. The van der Waals surface area contributed by atoms with Crippen LogP contribution < -0.4 is 0 Å². The minimum atomic E-state index is -0.467. The highest BCUT2D eigenvalue weighted by Crippen LogP contribution is 2.21. The Labute approximate surface area is 120 Å². The second-order valence-corrected chi connectivity index (χ2v) is 4.47. The molecular formula is C15H9ClN2O2. The number of hydrogen-bond donors (Lipinski definition) is 0. The van der Waals surface area contributed by atoms with Crippen LogP contribution in [0.25, 0.3) is 11.6 Å². The fraction of sp³-hybridized carbons (Fsp3) is 0. The molecule has 0 radical (unpaired) electrons. The van der Waals surface area contributed by atoms with Crippen molar-refractivity contribution in [1.29, 1.82) is 5.26 Å². The van der Waals surface area contributed by atoms with Crippen molar-refractivity contribution in [3.8, 4) is 6.07 Å². The molecule has 0 saturated heterocycles. The van der Waals surface area contributed by atoms with Gasteiger partial charge in [-0.3, -0.25) is 10.1 Å². The molecule has 2 aromatic carbocycles. The van der Waals surface area contributed by atoms with Crippen LogP contribution in [0, 0.1) is 21.4 Å². The lowest BCUT2D eigenvalue weighted by atomic mass is 10.0. The van der Waals surface area contributed by atoms with Crippen LogP contribution in [0.1, 0.15) is 11.1 Å². The molecule has 0 heterocycles. The average molecular weight is 285 g/mol. The largest absolute Gasteiger partial charge is 0.270 e. The topological polar surface area (TPSA) is 66.9 Å². The number of nitro groups is 1. The van der Waals surface area contributed by atoms with Crippen molar-refractivity contribution in [2.24, 2.45) is 0 Å². The molecule has 0 aliphatic heterocycles. The molecule has 0 amide bonds. The molecule has 0 spiro atoms. The van der Waals surface area contributed by atoms with Gasteiger partial charge in [-0.2, -0.15) is 5.26 Å². The Morgan fingerprint density at radius 2 is 1.95 bits per heavy atom. The van der Waals surface area contributed by atoms with E-state index in [0.717, 1.165) is 0 Å². The molecule has 20 heavy (non-hydrogen) atoms. The van der Waals surface area contributed by atoms with Crippen molar-refractivity contribution < 1.29 is 4.92 Å². The summed E-state index contributed by atoms with van der Waals surface area (Å²) < 4.78 is 0. The van der Waals surface area contributed by atoms with Gasteiger partial charge in [0.05, 0.1) is 16.6 Å². The third-order valence-electron chi connectivity index (χ3n) is 2.67. The predicted octanol–water partition coefficient (Wildman–Crippen LogP) is 4.31. The van der Waals surface area contributed by atoms with Crippen LogP contribution in [0.15, 0.2) is 48.5 Å². The molecular weight excluding hydrogens is 276 g/mol. The lowest BCUT2D eigenvalue weighted by Crippen LogP contribution is -1.88. The Morgan fingerprint density at radius 1 is 1.25 bits per heavy atom. The number of benzene rings is 2. The summed E-state index contributed by atoms with van der Waals surface area (Å²) in [5.74, 6) is 0. The molecule has 0 aliphatic carbocycles. The van der Waals surface area contributed by atoms with Gasteiger partial charge in [0, 0.05) is 17.2 Å². The van der Waals surface area contributed by atoms with Crippen LogP contribution in [-0.4, -0.2) is 4.92 Å². The van der Waals surface area contributed by atoms with E-state index in [1.807, 2.05) is 0 Å². The third kappa shape index (κ3) is 3.22. The van der Waals surface area contributed by atoms with Gasteiger partial charge in [0.1, 0.15) is 0 Å². The van der Waals surface area contributed by atoms with Crippen molar-refractivity contribution in [1.82, 2.24) is 0 Å². The van der Waals surface area contributed by atoms with Crippen LogP contribution in [0.2, 0.25) is 5.02 Å². The number of nitrogens with zero attached hydrogens (tertiary/aromatic N) is 2. The molecule has 2 aromatic rings. The Kier molecular flexibility index (Phi) is 4.14. The zero-order valence-electron chi connectivity index (χ0n) is 10.3. The van der Waals surface area contributed by atoms with E-state index in [1.165, 1.54) is 12.1 Å². The monoisotopic (exact) mass is 284 g/mol. The normalized spacial score (nSPS) is 10.9. The number of rotatable bonds is 3. The number of non-ortho nitro benzene ring substituents is 1. The van der Waals surface area contributed by atoms with Crippen LogP contribution in [0.5, 0.6) is 0 Å². The van der Waals surface area contributed by atoms with Gasteiger partial charge in [0.25, 0.3) is 5.69 Å². The van der Waals surface area contributed by atoms with Crippen molar-refractivity contribution in [3.05, 3.63) is 74.8 Å². The molecule has 4 nitrogen and oxygen atoms in total. The number of hydrogen-bond acceptors (Lipinski definition) is 3.